The van der Waals surface area contributed by atoms with E-state index in [4.69, 9.17) is 5.11 Å². The summed E-state index contributed by atoms with van der Waals surface area (Å²) in [6.07, 6.45) is 2.30. The molecular weight excluding hydrogens is 248 g/mol. The first-order valence-corrected chi connectivity index (χ1v) is 6.72. The van der Waals surface area contributed by atoms with Crippen LogP contribution in [0.1, 0.15) is 46.0 Å². The van der Waals surface area contributed by atoms with Crippen LogP contribution in [0.3, 0.4) is 0 Å². The summed E-state index contributed by atoms with van der Waals surface area (Å²) in [6, 6.07) is -0.220. The topological polar surface area (TPSA) is 86.7 Å². The number of hydrogen-bond donors (Lipinski definition) is 2. The van der Waals surface area contributed by atoms with Crippen molar-refractivity contribution >= 4 is 17.9 Å². The number of amides is 3. The summed E-state index contributed by atoms with van der Waals surface area (Å²) in [5.74, 6) is -0.890. The first-order valence-electron chi connectivity index (χ1n) is 6.72. The lowest BCUT2D eigenvalue weighted by atomic mass is 9.95. The molecule has 0 aromatic heterocycles. The summed E-state index contributed by atoms with van der Waals surface area (Å²) in [5.41, 5.74) is 0. The maximum atomic E-state index is 11.9. The van der Waals surface area contributed by atoms with E-state index in [0.29, 0.717) is 12.5 Å². The van der Waals surface area contributed by atoms with Crippen molar-refractivity contribution in [2.75, 3.05) is 6.54 Å². The van der Waals surface area contributed by atoms with Gasteiger partial charge in [0.25, 0.3) is 0 Å². The minimum atomic E-state index is -0.933. The van der Waals surface area contributed by atoms with Gasteiger partial charge in [0.2, 0.25) is 5.91 Å². The van der Waals surface area contributed by atoms with Gasteiger partial charge in [0.05, 0.1) is 0 Å². The number of likely N-dealkylation sites (tertiary alicyclic amines) is 1. The Morgan fingerprint density at radius 1 is 1.21 bits per heavy atom. The summed E-state index contributed by atoms with van der Waals surface area (Å²) < 4.78 is 0. The second-order valence-corrected chi connectivity index (χ2v) is 5.28. The zero-order valence-corrected chi connectivity index (χ0v) is 11.5. The molecule has 0 aromatic rings. The van der Waals surface area contributed by atoms with Crippen molar-refractivity contribution in [1.29, 1.82) is 0 Å². The van der Waals surface area contributed by atoms with Gasteiger partial charge in [-0.25, -0.2) is 4.79 Å². The van der Waals surface area contributed by atoms with E-state index in [0.717, 1.165) is 12.8 Å². The standard InChI is InChI=1S/C13H22N2O4/c1-9-6-7-10(2)15(8-9)13(19)14-11(16)4-3-5-12(17)18/h9-10H,3-8H2,1-2H3,(H,17,18)(H,14,16,19). The molecule has 1 aliphatic heterocycles. The van der Waals surface area contributed by atoms with E-state index in [9.17, 15) is 14.4 Å². The first-order chi connectivity index (χ1) is 8.90. The fraction of sp³-hybridized carbons (Fsp3) is 0.769. The van der Waals surface area contributed by atoms with Crippen LogP contribution >= 0.6 is 0 Å². The van der Waals surface area contributed by atoms with Crippen LogP contribution in [0.2, 0.25) is 0 Å². The van der Waals surface area contributed by atoms with Crippen LogP contribution in [0.4, 0.5) is 4.79 Å². The Morgan fingerprint density at radius 2 is 1.89 bits per heavy atom. The van der Waals surface area contributed by atoms with Crippen LogP contribution < -0.4 is 5.32 Å². The molecule has 2 N–H and O–H groups in total. The number of nitrogens with one attached hydrogen (secondary N) is 1. The number of hydrogen-bond acceptors (Lipinski definition) is 3. The lowest BCUT2D eigenvalue weighted by Crippen LogP contribution is -2.50. The van der Waals surface area contributed by atoms with E-state index < -0.39 is 11.9 Å². The number of carbonyl (C=O) groups excluding carboxylic acids is 2. The molecule has 1 fully saturated rings. The summed E-state index contributed by atoms with van der Waals surface area (Å²) in [4.78, 5) is 35.5. The van der Waals surface area contributed by atoms with E-state index in [1.54, 1.807) is 4.90 Å². The average Bonchev–Trinajstić information content (AvgIpc) is 2.31. The van der Waals surface area contributed by atoms with E-state index in [1.807, 2.05) is 6.92 Å². The molecule has 19 heavy (non-hydrogen) atoms. The number of urea groups is 1. The van der Waals surface area contributed by atoms with E-state index >= 15 is 0 Å². The van der Waals surface area contributed by atoms with Gasteiger partial charge in [-0.2, -0.15) is 0 Å². The van der Waals surface area contributed by atoms with E-state index in [-0.39, 0.29) is 31.3 Å². The average molecular weight is 270 g/mol. The molecule has 1 rings (SSSR count). The molecule has 6 heteroatoms. The monoisotopic (exact) mass is 270 g/mol. The highest BCUT2D eigenvalue weighted by Crippen LogP contribution is 2.21. The third-order valence-corrected chi connectivity index (χ3v) is 3.42. The zero-order chi connectivity index (χ0) is 14.4. The number of rotatable bonds is 4. The molecule has 1 aliphatic rings. The SMILES string of the molecule is CC1CCC(C)N(C(=O)NC(=O)CCCC(=O)O)C1. The highest BCUT2D eigenvalue weighted by Gasteiger charge is 2.27. The molecule has 0 saturated carbocycles. The van der Waals surface area contributed by atoms with Crippen molar-refractivity contribution in [2.45, 2.75) is 52.0 Å². The Hall–Kier alpha value is -1.59. The number of carbonyl (C=O) groups is 3. The Morgan fingerprint density at radius 3 is 2.53 bits per heavy atom. The summed E-state index contributed by atoms with van der Waals surface area (Å²) in [5, 5.41) is 10.8. The fourth-order valence-corrected chi connectivity index (χ4v) is 2.23. The maximum Gasteiger partial charge on any atom is 0.324 e. The van der Waals surface area contributed by atoms with Crippen LogP contribution in [-0.4, -0.2) is 40.5 Å². The van der Waals surface area contributed by atoms with Crippen LogP contribution in [-0.2, 0) is 9.59 Å². The van der Waals surface area contributed by atoms with Crippen LogP contribution in [0.15, 0.2) is 0 Å². The minimum absolute atomic E-state index is 0.0568. The smallest absolute Gasteiger partial charge is 0.324 e. The normalized spacial score (nSPS) is 22.9. The van der Waals surface area contributed by atoms with Gasteiger partial charge in [-0.15, -0.1) is 0 Å². The molecule has 1 heterocycles. The highest BCUT2D eigenvalue weighted by molar-refractivity contribution is 5.94. The molecule has 2 atom stereocenters. The van der Waals surface area contributed by atoms with Crippen molar-refractivity contribution in [2.24, 2.45) is 5.92 Å². The quantitative estimate of drug-likeness (QED) is 0.812. The number of carboxylic acid groups (broad SMARTS) is 1. The predicted octanol–water partition coefficient (Wildman–Crippen LogP) is 1.60. The van der Waals surface area contributed by atoms with E-state index in [2.05, 4.69) is 12.2 Å². The van der Waals surface area contributed by atoms with Crippen molar-refractivity contribution in [3.63, 3.8) is 0 Å². The number of piperidine rings is 1. The summed E-state index contributed by atoms with van der Waals surface area (Å²) in [7, 11) is 0. The molecule has 0 radical (unpaired) electrons. The molecule has 108 valence electrons. The molecule has 0 bridgehead atoms. The van der Waals surface area contributed by atoms with Gasteiger partial charge in [-0.3, -0.25) is 14.9 Å². The Balaban J connectivity index is 2.36. The summed E-state index contributed by atoms with van der Waals surface area (Å²) in [6.45, 7) is 4.72. The molecule has 6 nitrogen and oxygen atoms in total. The van der Waals surface area contributed by atoms with Gasteiger partial charge in [-0.1, -0.05) is 6.92 Å². The molecule has 1 saturated heterocycles. The number of aliphatic carboxylic acids is 1. The molecule has 2 unspecified atom stereocenters. The molecule has 0 aromatic carbocycles. The molecular formula is C13H22N2O4. The lowest BCUT2D eigenvalue weighted by molar-refractivity contribution is -0.137. The lowest BCUT2D eigenvalue weighted by Gasteiger charge is -2.36. The van der Waals surface area contributed by atoms with Gasteiger partial charge in [0, 0.05) is 25.4 Å². The van der Waals surface area contributed by atoms with Crippen LogP contribution in [0, 0.1) is 5.92 Å². The van der Waals surface area contributed by atoms with Crippen molar-refractivity contribution in [1.82, 2.24) is 10.2 Å². The number of imide groups is 1. The summed E-state index contributed by atoms with van der Waals surface area (Å²) >= 11 is 0. The molecule has 0 aliphatic carbocycles. The van der Waals surface area contributed by atoms with Crippen molar-refractivity contribution in [3.05, 3.63) is 0 Å². The second kappa shape index (κ2) is 7.11. The maximum absolute atomic E-state index is 11.9. The fourth-order valence-electron chi connectivity index (χ4n) is 2.23. The third kappa shape index (κ3) is 5.28. The predicted molar refractivity (Wildman–Crippen MR) is 69.6 cm³/mol. The second-order valence-electron chi connectivity index (χ2n) is 5.28. The number of nitrogens with zero attached hydrogens (tertiary/aromatic N) is 1. The highest BCUT2D eigenvalue weighted by atomic mass is 16.4. The van der Waals surface area contributed by atoms with Crippen LogP contribution in [0.5, 0.6) is 0 Å². The number of carboxylic acids is 1. The van der Waals surface area contributed by atoms with Gasteiger partial charge < -0.3 is 10.0 Å². The Labute approximate surface area is 113 Å². The molecule has 3 amide bonds. The van der Waals surface area contributed by atoms with Gasteiger partial charge in [0.15, 0.2) is 0 Å². The van der Waals surface area contributed by atoms with Gasteiger partial charge in [-0.05, 0) is 32.1 Å². The largest absolute Gasteiger partial charge is 0.481 e. The van der Waals surface area contributed by atoms with Crippen LogP contribution in [0.25, 0.3) is 0 Å². The first kappa shape index (κ1) is 15.5. The van der Waals surface area contributed by atoms with Crippen molar-refractivity contribution < 1.29 is 19.5 Å². The molecule has 0 spiro atoms. The minimum Gasteiger partial charge on any atom is -0.481 e. The Kier molecular flexibility index (Phi) is 5.79. The Bertz CT molecular complexity index is 357. The zero-order valence-electron chi connectivity index (χ0n) is 11.5. The third-order valence-electron chi connectivity index (χ3n) is 3.42. The van der Waals surface area contributed by atoms with E-state index in [1.165, 1.54) is 0 Å². The van der Waals surface area contributed by atoms with Crippen molar-refractivity contribution in [3.8, 4) is 0 Å². The van der Waals surface area contributed by atoms with Gasteiger partial charge >= 0.3 is 12.0 Å². The van der Waals surface area contributed by atoms with Gasteiger partial charge in [0.1, 0.15) is 0 Å².